The van der Waals surface area contributed by atoms with Gasteiger partial charge in [0.25, 0.3) is 0 Å². The molecule has 0 amide bonds. The first-order valence-electron chi connectivity index (χ1n) is 6.81. The van der Waals surface area contributed by atoms with E-state index in [1.165, 1.54) is 6.07 Å². The van der Waals surface area contributed by atoms with Gasteiger partial charge in [0.15, 0.2) is 0 Å². The molecule has 0 saturated carbocycles. The molecule has 0 atom stereocenters. The minimum atomic E-state index is -0.260. The highest BCUT2D eigenvalue weighted by Gasteiger charge is 2.09. The van der Waals surface area contributed by atoms with Gasteiger partial charge in [0, 0.05) is 12.1 Å². The van der Waals surface area contributed by atoms with E-state index in [9.17, 15) is 4.39 Å². The van der Waals surface area contributed by atoms with Crippen LogP contribution in [0.25, 0.3) is 0 Å². The van der Waals surface area contributed by atoms with Gasteiger partial charge < -0.3 is 10.5 Å². The molecule has 2 aromatic carbocycles. The van der Waals surface area contributed by atoms with Gasteiger partial charge in [-0.2, -0.15) is 0 Å². The Labute approximate surface area is 119 Å². The monoisotopic (exact) mass is 273 g/mol. The van der Waals surface area contributed by atoms with Crippen molar-refractivity contribution in [3.63, 3.8) is 0 Å². The van der Waals surface area contributed by atoms with Gasteiger partial charge in [0.05, 0.1) is 0 Å². The van der Waals surface area contributed by atoms with Crippen LogP contribution in [0.1, 0.15) is 36.5 Å². The normalized spacial score (nSPS) is 10.8. The number of benzene rings is 2. The number of para-hydroxylation sites is 1. The topological polar surface area (TPSA) is 35.2 Å². The fraction of sp³-hybridized carbons (Fsp3) is 0.294. The summed E-state index contributed by atoms with van der Waals surface area (Å²) < 4.78 is 19.5. The summed E-state index contributed by atoms with van der Waals surface area (Å²) in [7, 11) is 0. The van der Waals surface area contributed by atoms with Crippen molar-refractivity contribution in [3.05, 3.63) is 65.0 Å². The third kappa shape index (κ3) is 3.36. The van der Waals surface area contributed by atoms with Crippen LogP contribution in [0.15, 0.2) is 42.5 Å². The summed E-state index contributed by atoms with van der Waals surface area (Å²) in [5.74, 6) is 0.913. The van der Waals surface area contributed by atoms with E-state index < -0.39 is 0 Å². The lowest BCUT2D eigenvalue weighted by atomic mass is 10.0. The molecule has 3 heteroatoms. The van der Waals surface area contributed by atoms with E-state index in [0.29, 0.717) is 18.0 Å². The van der Waals surface area contributed by atoms with Crippen molar-refractivity contribution < 1.29 is 9.13 Å². The van der Waals surface area contributed by atoms with Gasteiger partial charge in [-0.3, -0.25) is 0 Å². The molecule has 0 bridgehead atoms. The van der Waals surface area contributed by atoms with E-state index in [0.717, 1.165) is 16.9 Å². The van der Waals surface area contributed by atoms with E-state index in [4.69, 9.17) is 10.5 Å². The molecule has 20 heavy (non-hydrogen) atoms. The Morgan fingerprint density at radius 2 is 1.90 bits per heavy atom. The molecule has 0 fully saturated rings. The van der Waals surface area contributed by atoms with Gasteiger partial charge in [0.1, 0.15) is 18.2 Å². The van der Waals surface area contributed by atoms with Crippen molar-refractivity contribution in [2.75, 3.05) is 0 Å². The van der Waals surface area contributed by atoms with Crippen molar-refractivity contribution in [2.45, 2.75) is 32.9 Å². The van der Waals surface area contributed by atoms with Crippen molar-refractivity contribution >= 4 is 0 Å². The molecular weight excluding hydrogens is 253 g/mol. The maximum Gasteiger partial charge on any atom is 0.129 e. The van der Waals surface area contributed by atoms with E-state index >= 15 is 0 Å². The second-order valence-corrected chi connectivity index (χ2v) is 5.11. The summed E-state index contributed by atoms with van der Waals surface area (Å²) in [6.45, 7) is 4.83. The quantitative estimate of drug-likeness (QED) is 0.894. The summed E-state index contributed by atoms with van der Waals surface area (Å²) in [5.41, 5.74) is 8.14. The van der Waals surface area contributed by atoms with E-state index in [1.807, 2.05) is 24.3 Å². The zero-order valence-electron chi connectivity index (χ0n) is 11.9. The molecule has 0 aliphatic rings. The van der Waals surface area contributed by atoms with Crippen molar-refractivity contribution in [3.8, 4) is 5.75 Å². The molecule has 0 spiro atoms. The highest BCUT2D eigenvalue weighted by Crippen LogP contribution is 2.26. The van der Waals surface area contributed by atoms with Crippen LogP contribution in [0.5, 0.6) is 5.75 Å². The molecule has 0 aromatic heterocycles. The van der Waals surface area contributed by atoms with Crippen LogP contribution in [0, 0.1) is 5.82 Å². The lowest BCUT2D eigenvalue weighted by Crippen LogP contribution is -2.04. The zero-order chi connectivity index (χ0) is 14.5. The Balaban J connectivity index is 2.17. The lowest BCUT2D eigenvalue weighted by Gasteiger charge is -2.14. The van der Waals surface area contributed by atoms with Crippen LogP contribution in [-0.4, -0.2) is 0 Å². The van der Waals surface area contributed by atoms with E-state index in [1.54, 1.807) is 12.1 Å². The average Bonchev–Trinajstić information content (AvgIpc) is 2.46. The van der Waals surface area contributed by atoms with Crippen LogP contribution in [0.2, 0.25) is 0 Å². The highest BCUT2D eigenvalue weighted by molar-refractivity contribution is 5.36. The molecule has 0 aliphatic heterocycles. The number of hydrogen-bond donors (Lipinski definition) is 1. The van der Waals surface area contributed by atoms with Gasteiger partial charge in [-0.1, -0.05) is 38.1 Å². The number of ether oxygens (including phenoxy) is 1. The van der Waals surface area contributed by atoms with Gasteiger partial charge in [-0.15, -0.1) is 0 Å². The molecule has 0 heterocycles. The largest absolute Gasteiger partial charge is 0.489 e. The molecule has 0 aliphatic carbocycles. The molecule has 0 saturated heterocycles. The molecule has 2 N–H and O–H groups in total. The van der Waals surface area contributed by atoms with Gasteiger partial charge in [-0.25, -0.2) is 4.39 Å². The first-order valence-corrected chi connectivity index (χ1v) is 6.81. The standard InChI is InChI=1S/C17H20FNO/c1-12(2)15-5-3-4-6-17(15)20-11-14-9-13(10-19)7-8-16(14)18/h3-9,12H,10-11,19H2,1-2H3. The molecule has 2 rings (SSSR count). The van der Waals surface area contributed by atoms with Crippen molar-refractivity contribution in [1.29, 1.82) is 0 Å². The second kappa shape index (κ2) is 6.53. The Hall–Kier alpha value is -1.87. The first-order chi connectivity index (χ1) is 9.61. The van der Waals surface area contributed by atoms with Crippen LogP contribution in [0.3, 0.4) is 0 Å². The Kier molecular flexibility index (Phi) is 4.74. The predicted molar refractivity (Wildman–Crippen MR) is 79.2 cm³/mol. The molecule has 2 nitrogen and oxygen atoms in total. The van der Waals surface area contributed by atoms with E-state index in [2.05, 4.69) is 13.8 Å². The summed E-state index contributed by atoms with van der Waals surface area (Å²) in [5, 5.41) is 0. The van der Waals surface area contributed by atoms with Crippen molar-refractivity contribution in [1.82, 2.24) is 0 Å². The Morgan fingerprint density at radius 1 is 1.15 bits per heavy atom. The summed E-state index contributed by atoms with van der Waals surface area (Å²) in [6, 6.07) is 12.8. The third-order valence-electron chi connectivity index (χ3n) is 3.27. The minimum absolute atomic E-state index is 0.212. The number of nitrogens with two attached hydrogens (primary N) is 1. The maximum absolute atomic E-state index is 13.7. The second-order valence-electron chi connectivity index (χ2n) is 5.11. The Bertz CT molecular complexity index is 581. The van der Waals surface area contributed by atoms with Crippen molar-refractivity contribution in [2.24, 2.45) is 5.73 Å². The molecule has 2 aromatic rings. The summed E-state index contributed by atoms with van der Waals surface area (Å²) in [4.78, 5) is 0. The average molecular weight is 273 g/mol. The predicted octanol–water partition coefficient (Wildman–Crippen LogP) is 3.99. The van der Waals surface area contributed by atoms with Crippen LogP contribution < -0.4 is 10.5 Å². The van der Waals surface area contributed by atoms with Crippen LogP contribution >= 0.6 is 0 Å². The third-order valence-corrected chi connectivity index (χ3v) is 3.27. The maximum atomic E-state index is 13.7. The first kappa shape index (κ1) is 14.5. The molecule has 0 unspecified atom stereocenters. The summed E-state index contributed by atoms with van der Waals surface area (Å²) in [6.07, 6.45) is 0. The van der Waals surface area contributed by atoms with Gasteiger partial charge >= 0.3 is 0 Å². The number of halogens is 1. The SMILES string of the molecule is CC(C)c1ccccc1OCc1cc(CN)ccc1F. The minimum Gasteiger partial charge on any atom is -0.489 e. The van der Waals surface area contributed by atoms with E-state index in [-0.39, 0.29) is 12.4 Å². The lowest BCUT2D eigenvalue weighted by molar-refractivity contribution is 0.295. The van der Waals surface area contributed by atoms with Crippen LogP contribution in [0.4, 0.5) is 4.39 Å². The zero-order valence-corrected chi connectivity index (χ0v) is 11.9. The van der Waals surface area contributed by atoms with Gasteiger partial charge in [0.2, 0.25) is 0 Å². The summed E-state index contributed by atoms with van der Waals surface area (Å²) >= 11 is 0. The smallest absolute Gasteiger partial charge is 0.129 e. The fourth-order valence-electron chi connectivity index (χ4n) is 2.11. The number of hydrogen-bond acceptors (Lipinski definition) is 2. The van der Waals surface area contributed by atoms with Crippen LogP contribution in [-0.2, 0) is 13.2 Å². The molecule has 0 radical (unpaired) electrons. The molecule has 106 valence electrons. The number of rotatable bonds is 5. The Morgan fingerprint density at radius 3 is 2.60 bits per heavy atom. The molecular formula is C17H20FNO. The van der Waals surface area contributed by atoms with Gasteiger partial charge in [-0.05, 0) is 35.2 Å². The highest BCUT2D eigenvalue weighted by atomic mass is 19.1. The fourth-order valence-corrected chi connectivity index (χ4v) is 2.11.